The minimum absolute atomic E-state index is 0.0223. The molecule has 1 heterocycles. The Morgan fingerprint density at radius 3 is 3.00 bits per heavy atom. The first-order valence-electron chi connectivity index (χ1n) is 6.77. The molecule has 104 valence electrons. The van der Waals surface area contributed by atoms with Crippen LogP contribution in [0.3, 0.4) is 0 Å². The molecule has 3 nitrogen and oxygen atoms in total. The Labute approximate surface area is 119 Å². The average Bonchev–Trinajstić information content (AvgIpc) is 2.88. The predicted octanol–water partition coefficient (Wildman–Crippen LogP) is 2.56. The summed E-state index contributed by atoms with van der Waals surface area (Å²) in [5.41, 5.74) is 2.14. The van der Waals surface area contributed by atoms with Crippen LogP contribution in [0.15, 0.2) is 18.2 Å². The Morgan fingerprint density at radius 2 is 2.32 bits per heavy atom. The number of aliphatic hydroxyl groups is 1. The molecule has 0 aliphatic carbocycles. The Morgan fingerprint density at radius 1 is 1.53 bits per heavy atom. The van der Waals surface area contributed by atoms with E-state index >= 15 is 0 Å². The zero-order valence-corrected chi connectivity index (χ0v) is 12.0. The number of aliphatic hydroxyl groups excluding tert-OH is 1. The topological polar surface area (TPSA) is 40.5 Å². The van der Waals surface area contributed by atoms with Gasteiger partial charge in [0.1, 0.15) is 0 Å². The van der Waals surface area contributed by atoms with Gasteiger partial charge < -0.3 is 10.0 Å². The van der Waals surface area contributed by atoms with Crippen molar-refractivity contribution in [2.75, 3.05) is 13.2 Å². The molecule has 0 unspecified atom stereocenters. The van der Waals surface area contributed by atoms with Crippen molar-refractivity contribution in [2.24, 2.45) is 0 Å². The van der Waals surface area contributed by atoms with E-state index in [2.05, 4.69) is 0 Å². The molecule has 1 saturated heterocycles. The van der Waals surface area contributed by atoms with E-state index < -0.39 is 0 Å². The number of carbonyl (C=O) groups is 1. The Hall–Kier alpha value is -1.06. The molecule has 4 heteroatoms. The number of nitrogens with zero attached hydrogens (tertiary/aromatic N) is 1. The Bertz CT molecular complexity index is 461. The fraction of sp³-hybridized carbons (Fsp3) is 0.533. The van der Waals surface area contributed by atoms with Crippen molar-refractivity contribution in [1.82, 2.24) is 4.90 Å². The third kappa shape index (κ3) is 3.48. The highest BCUT2D eigenvalue weighted by atomic mass is 35.5. The van der Waals surface area contributed by atoms with Gasteiger partial charge in [-0.2, -0.15) is 0 Å². The van der Waals surface area contributed by atoms with Crippen LogP contribution in [0.2, 0.25) is 5.02 Å². The first-order chi connectivity index (χ1) is 9.11. The number of likely N-dealkylation sites (tertiary alicyclic amines) is 1. The maximum Gasteiger partial charge on any atom is 0.223 e. The van der Waals surface area contributed by atoms with Gasteiger partial charge in [0.25, 0.3) is 0 Å². The largest absolute Gasteiger partial charge is 0.394 e. The highest BCUT2D eigenvalue weighted by molar-refractivity contribution is 6.31. The van der Waals surface area contributed by atoms with Crippen molar-refractivity contribution >= 4 is 17.5 Å². The van der Waals surface area contributed by atoms with Crippen LogP contribution in [0.25, 0.3) is 0 Å². The summed E-state index contributed by atoms with van der Waals surface area (Å²) in [5.74, 6) is 0.133. The van der Waals surface area contributed by atoms with Gasteiger partial charge in [-0.1, -0.05) is 23.7 Å². The lowest BCUT2D eigenvalue weighted by Gasteiger charge is -2.23. The van der Waals surface area contributed by atoms with Crippen LogP contribution >= 0.6 is 11.6 Å². The third-order valence-electron chi connectivity index (χ3n) is 3.77. The van der Waals surface area contributed by atoms with Crippen molar-refractivity contribution < 1.29 is 9.90 Å². The second kappa shape index (κ2) is 6.40. The number of rotatable bonds is 4. The molecule has 1 aliphatic heterocycles. The van der Waals surface area contributed by atoms with Crippen molar-refractivity contribution in [3.05, 3.63) is 34.3 Å². The highest BCUT2D eigenvalue weighted by Crippen LogP contribution is 2.20. The molecule has 1 atom stereocenters. The van der Waals surface area contributed by atoms with E-state index in [9.17, 15) is 9.90 Å². The fourth-order valence-corrected chi connectivity index (χ4v) is 2.74. The molecular formula is C15H20ClNO2. The first kappa shape index (κ1) is 14.4. The lowest BCUT2D eigenvalue weighted by molar-refractivity contribution is -0.132. The van der Waals surface area contributed by atoms with E-state index in [1.165, 1.54) is 0 Å². The molecule has 0 radical (unpaired) electrons. The van der Waals surface area contributed by atoms with Gasteiger partial charge in [0.15, 0.2) is 0 Å². The second-order valence-electron chi connectivity index (χ2n) is 5.15. The lowest BCUT2D eigenvalue weighted by Crippen LogP contribution is -2.37. The van der Waals surface area contributed by atoms with E-state index in [-0.39, 0.29) is 18.6 Å². The predicted molar refractivity (Wildman–Crippen MR) is 76.3 cm³/mol. The van der Waals surface area contributed by atoms with E-state index in [4.69, 9.17) is 11.6 Å². The summed E-state index contributed by atoms with van der Waals surface area (Å²) in [6.07, 6.45) is 3.09. The molecule has 0 aromatic heterocycles. The van der Waals surface area contributed by atoms with Gasteiger partial charge in [-0.15, -0.1) is 0 Å². The van der Waals surface area contributed by atoms with Crippen LogP contribution in [-0.4, -0.2) is 35.1 Å². The Balaban J connectivity index is 1.91. The molecular weight excluding hydrogens is 262 g/mol. The summed E-state index contributed by atoms with van der Waals surface area (Å²) in [6.45, 7) is 2.81. The number of halogens is 1. The maximum absolute atomic E-state index is 12.1. The summed E-state index contributed by atoms with van der Waals surface area (Å²) in [6, 6.07) is 5.95. The standard InChI is InChI=1S/C15H20ClNO2/c1-11-4-5-12(9-14(11)16)6-7-15(19)17-8-2-3-13(17)10-18/h4-5,9,13,18H,2-3,6-8,10H2,1H3/t13-/m1/s1. The van der Waals surface area contributed by atoms with Crippen molar-refractivity contribution in [1.29, 1.82) is 0 Å². The van der Waals surface area contributed by atoms with E-state index in [0.29, 0.717) is 12.8 Å². The summed E-state index contributed by atoms with van der Waals surface area (Å²) in [5, 5.41) is 9.98. The molecule has 0 saturated carbocycles. The highest BCUT2D eigenvalue weighted by Gasteiger charge is 2.27. The number of amides is 1. The average molecular weight is 282 g/mol. The molecule has 1 aliphatic rings. The van der Waals surface area contributed by atoms with Crippen LogP contribution < -0.4 is 0 Å². The summed E-state index contributed by atoms with van der Waals surface area (Å²) < 4.78 is 0. The number of aryl methyl sites for hydroxylation is 2. The van der Waals surface area contributed by atoms with Gasteiger partial charge in [-0.05, 0) is 43.4 Å². The van der Waals surface area contributed by atoms with E-state index in [1.807, 2.05) is 30.0 Å². The van der Waals surface area contributed by atoms with E-state index in [1.54, 1.807) is 0 Å². The molecule has 0 spiro atoms. The van der Waals surface area contributed by atoms with Gasteiger partial charge in [-0.3, -0.25) is 4.79 Å². The molecule has 1 fully saturated rings. The molecule has 1 aromatic carbocycles. The first-order valence-corrected chi connectivity index (χ1v) is 7.15. The monoisotopic (exact) mass is 281 g/mol. The number of carbonyl (C=O) groups excluding carboxylic acids is 1. The van der Waals surface area contributed by atoms with Gasteiger partial charge in [-0.25, -0.2) is 0 Å². The van der Waals surface area contributed by atoms with Crippen LogP contribution in [0, 0.1) is 6.92 Å². The van der Waals surface area contributed by atoms with Gasteiger partial charge in [0, 0.05) is 18.0 Å². The number of benzene rings is 1. The minimum atomic E-state index is 0.0223. The van der Waals surface area contributed by atoms with E-state index in [0.717, 1.165) is 35.5 Å². The van der Waals surface area contributed by atoms with Crippen molar-refractivity contribution in [3.8, 4) is 0 Å². The zero-order valence-electron chi connectivity index (χ0n) is 11.2. The molecule has 2 rings (SSSR count). The third-order valence-corrected chi connectivity index (χ3v) is 4.18. The molecule has 1 N–H and O–H groups in total. The smallest absolute Gasteiger partial charge is 0.223 e. The van der Waals surface area contributed by atoms with Gasteiger partial charge >= 0.3 is 0 Å². The molecule has 0 bridgehead atoms. The number of hydrogen-bond acceptors (Lipinski definition) is 2. The van der Waals surface area contributed by atoms with Crippen LogP contribution in [0.5, 0.6) is 0 Å². The van der Waals surface area contributed by atoms with Crippen molar-refractivity contribution in [3.63, 3.8) is 0 Å². The van der Waals surface area contributed by atoms with Crippen LogP contribution in [0.1, 0.15) is 30.4 Å². The van der Waals surface area contributed by atoms with Crippen molar-refractivity contribution in [2.45, 2.75) is 38.6 Å². The summed E-state index contributed by atoms with van der Waals surface area (Å²) in [4.78, 5) is 13.9. The maximum atomic E-state index is 12.1. The normalized spacial score (nSPS) is 18.9. The second-order valence-corrected chi connectivity index (χ2v) is 5.56. The zero-order chi connectivity index (χ0) is 13.8. The summed E-state index contributed by atoms with van der Waals surface area (Å²) in [7, 11) is 0. The van der Waals surface area contributed by atoms with Gasteiger partial charge in [0.2, 0.25) is 5.91 Å². The Kier molecular flexibility index (Phi) is 4.83. The molecule has 1 amide bonds. The molecule has 19 heavy (non-hydrogen) atoms. The quantitative estimate of drug-likeness (QED) is 0.921. The number of hydrogen-bond donors (Lipinski definition) is 1. The van der Waals surface area contributed by atoms with Crippen LogP contribution in [-0.2, 0) is 11.2 Å². The lowest BCUT2D eigenvalue weighted by atomic mass is 10.1. The van der Waals surface area contributed by atoms with Crippen LogP contribution in [0.4, 0.5) is 0 Å². The summed E-state index contributed by atoms with van der Waals surface area (Å²) >= 11 is 6.07. The fourth-order valence-electron chi connectivity index (χ4n) is 2.54. The minimum Gasteiger partial charge on any atom is -0.394 e. The SMILES string of the molecule is Cc1ccc(CCC(=O)N2CCC[C@@H]2CO)cc1Cl. The van der Waals surface area contributed by atoms with Gasteiger partial charge in [0.05, 0.1) is 12.6 Å². The molecule has 1 aromatic rings.